The van der Waals surface area contributed by atoms with Crippen LogP contribution in [0.15, 0.2) is 72.8 Å². The van der Waals surface area contributed by atoms with Crippen LogP contribution >= 0.6 is 0 Å². The van der Waals surface area contributed by atoms with Gasteiger partial charge in [0.05, 0.1) is 5.56 Å². The van der Waals surface area contributed by atoms with Crippen LogP contribution in [-0.2, 0) is 6.61 Å². The van der Waals surface area contributed by atoms with Crippen LogP contribution < -0.4 is 4.74 Å². The first-order chi connectivity index (χ1) is 16.3. The van der Waals surface area contributed by atoms with Crippen molar-refractivity contribution in [2.24, 2.45) is 0 Å². The standard InChI is InChI=1S/C30H37NO3/c1-21(2)31(22(3)4)19-18-27(25-14-10-7-11-15-25)29-23(5)26(30(32)33)16-17-28(29)34-20-24-12-8-6-9-13-24/h6-17,21-22,27H,18-20H2,1-5H3,(H,32,33)/t27-/m1/s1. The van der Waals surface area contributed by atoms with Crippen molar-refractivity contribution in [1.82, 2.24) is 4.90 Å². The minimum Gasteiger partial charge on any atom is -0.489 e. The molecule has 0 spiro atoms. The van der Waals surface area contributed by atoms with Gasteiger partial charge in [-0.1, -0.05) is 60.7 Å². The summed E-state index contributed by atoms with van der Waals surface area (Å²) >= 11 is 0. The summed E-state index contributed by atoms with van der Waals surface area (Å²) in [5.74, 6) is -0.140. The predicted octanol–water partition coefficient (Wildman–Crippen LogP) is 6.91. The van der Waals surface area contributed by atoms with Gasteiger partial charge in [-0.25, -0.2) is 4.79 Å². The number of aromatic carboxylic acids is 1. The Morgan fingerprint density at radius 3 is 2.03 bits per heavy atom. The van der Waals surface area contributed by atoms with Crippen LogP contribution in [0.25, 0.3) is 0 Å². The van der Waals surface area contributed by atoms with Crippen LogP contribution in [0.1, 0.15) is 72.6 Å². The summed E-state index contributed by atoms with van der Waals surface area (Å²) in [6.07, 6.45) is 0.867. The normalized spacial score (nSPS) is 12.4. The predicted molar refractivity (Wildman–Crippen MR) is 139 cm³/mol. The molecule has 3 aromatic rings. The largest absolute Gasteiger partial charge is 0.489 e. The quantitative estimate of drug-likeness (QED) is 0.338. The van der Waals surface area contributed by atoms with Crippen LogP contribution in [0.4, 0.5) is 0 Å². The highest BCUT2D eigenvalue weighted by Crippen LogP contribution is 2.39. The van der Waals surface area contributed by atoms with Crippen molar-refractivity contribution in [2.75, 3.05) is 6.54 Å². The van der Waals surface area contributed by atoms with Gasteiger partial charge in [-0.05, 0) is 76.4 Å². The van der Waals surface area contributed by atoms with Crippen LogP contribution in [0.3, 0.4) is 0 Å². The number of nitrogens with zero attached hydrogens (tertiary/aromatic N) is 1. The van der Waals surface area contributed by atoms with Gasteiger partial charge in [-0.3, -0.25) is 4.90 Å². The Morgan fingerprint density at radius 2 is 1.47 bits per heavy atom. The van der Waals surface area contributed by atoms with E-state index in [1.165, 1.54) is 5.56 Å². The lowest BCUT2D eigenvalue weighted by atomic mass is 9.83. The second kappa shape index (κ2) is 11.8. The smallest absolute Gasteiger partial charge is 0.335 e. The van der Waals surface area contributed by atoms with E-state index in [1.807, 2.05) is 61.5 Å². The van der Waals surface area contributed by atoms with Crippen LogP contribution in [-0.4, -0.2) is 34.6 Å². The summed E-state index contributed by atoms with van der Waals surface area (Å²) in [6, 6.07) is 24.8. The molecule has 4 nitrogen and oxygen atoms in total. The fourth-order valence-electron chi connectivity index (χ4n) is 4.78. The zero-order valence-electron chi connectivity index (χ0n) is 21.0. The van der Waals surface area contributed by atoms with Crippen molar-refractivity contribution in [1.29, 1.82) is 0 Å². The summed E-state index contributed by atoms with van der Waals surface area (Å²) in [5.41, 5.74) is 4.32. The third-order valence-electron chi connectivity index (χ3n) is 6.50. The fourth-order valence-corrected chi connectivity index (χ4v) is 4.78. The van der Waals surface area contributed by atoms with Crippen LogP contribution in [0.2, 0.25) is 0 Å². The molecule has 0 unspecified atom stereocenters. The van der Waals surface area contributed by atoms with Gasteiger partial charge >= 0.3 is 5.97 Å². The zero-order chi connectivity index (χ0) is 24.7. The number of carboxylic acids is 1. The van der Waals surface area contributed by atoms with Crippen molar-refractivity contribution >= 4 is 5.97 Å². The van der Waals surface area contributed by atoms with Crippen molar-refractivity contribution in [2.45, 2.75) is 65.6 Å². The molecular weight excluding hydrogens is 422 g/mol. The van der Waals surface area contributed by atoms with E-state index in [0.717, 1.165) is 35.4 Å². The van der Waals surface area contributed by atoms with Crippen molar-refractivity contribution in [3.8, 4) is 5.75 Å². The van der Waals surface area contributed by atoms with Gasteiger partial charge in [-0.2, -0.15) is 0 Å². The van der Waals surface area contributed by atoms with E-state index >= 15 is 0 Å². The molecule has 0 aliphatic heterocycles. The molecule has 0 fully saturated rings. The Morgan fingerprint density at radius 1 is 0.882 bits per heavy atom. The van der Waals surface area contributed by atoms with E-state index in [-0.39, 0.29) is 5.92 Å². The summed E-state index contributed by atoms with van der Waals surface area (Å²) in [4.78, 5) is 14.5. The molecule has 0 aliphatic rings. The van der Waals surface area contributed by atoms with Crippen molar-refractivity contribution in [3.63, 3.8) is 0 Å². The lowest BCUT2D eigenvalue weighted by Crippen LogP contribution is -2.38. The maximum atomic E-state index is 12.0. The Hall–Kier alpha value is -3.11. The third kappa shape index (κ3) is 6.27. The lowest BCUT2D eigenvalue weighted by molar-refractivity contribution is 0.0696. The minimum absolute atomic E-state index is 0.0197. The molecule has 3 rings (SSSR count). The topological polar surface area (TPSA) is 49.8 Å². The van der Waals surface area contributed by atoms with Crippen molar-refractivity contribution in [3.05, 3.63) is 101 Å². The first kappa shape index (κ1) is 25.5. The second-order valence-electron chi connectivity index (χ2n) is 9.41. The molecule has 0 amide bonds. The summed E-state index contributed by atoms with van der Waals surface area (Å²) < 4.78 is 6.34. The molecule has 0 saturated heterocycles. The molecule has 3 aromatic carbocycles. The van der Waals surface area contributed by atoms with Crippen molar-refractivity contribution < 1.29 is 14.6 Å². The van der Waals surface area contributed by atoms with E-state index in [2.05, 4.69) is 44.7 Å². The molecule has 0 heterocycles. The minimum atomic E-state index is -0.911. The van der Waals surface area contributed by atoms with E-state index < -0.39 is 5.97 Å². The summed E-state index contributed by atoms with van der Waals surface area (Å²) in [6.45, 7) is 12.1. The molecule has 0 aliphatic carbocycles. The van der Waals surface area contributed by atoms with E-state index in [0.29, 0.717) is 24.3 Å². The number of benzene rings is 3. The van der Waals surface area contributed by atoms with Gasteiger partial charge in [0.25, 0.3) is 0 Å². The summed E-state index contributed by atoms with van der Waals surface area (Å²) in [7, 11) is 0. The Kier molecular flexibility index (Phi) is 8.89. The number of carbonyl (C=O) groups is 1. The monoisotopic (exact) mass is 459 g/mol. The molecule has 0 aromatic heterocycles. The average molecular weight is 460 g/mol. The highest BCUT2D eigenvalue weighted by atomic mass is 16.5. The van der Waals surface area contributed by atoms with E-state index in [9.17, 15) is 9.90 Å². The summed E-state index contributed by atoms with van der Waals surface area (Å²) in [5, 5.41) is 9.86. The van der Waals surface area contributed by atoms with Gasteiger partial charge in [0.1, 0.15) is 12.4 Å². The number of rotatable bonds is 11. The number of ether oxygens (including phenoxy) is 1. The number of hydrogen-bond donors (Lipinski definition) is 1. The SMILES string of the molecule is Cc1c(C(=O)O)ccc(OCc2ccccc2)c1[C@H](CCN(C(C)C)C(C)C)c1ccccc1. The first-order valence-electron chi connectivity index (χ1n) is 12.1. The van der Waals surface area contributed by atoms with Gasteiger partial charge in [-0.15, -0.1) is 0 Å². The second-order valence-corrected chi connectivity index (χ2v) is 9.41. The molecule has 0 bridgehead atoms. The van der Waals surface area contributed by atoms with Crippen LogP contribution in [0.5, 0.6) is 5.75 Å². The average Bonchev–Trinajstić information content (AvgIpc) is 2.81. The van der Waals surface area contributed by atoms with E-state index in [1.54, 1.807) is 6.07 Å². The lowest BCUT2D eigenvalue weighted by Gasteiger charge is -2.33. The van der Waals surface area contributed by atoms with Crippen LogP contribution in [0, 0.1) is 6.92 Å². The maximum absolute atomic E-state index is 12.0. The molecule has 34 heavy (non-hydrogen) atoms. The Labute approximate surface area is 204 Å². The first-order valence-corrected chi connectivity index (χ1v) is 12.1. The molecule has 0 saturated carbocycles. The third-order valence-corrected chi connectivity index (χ3v) is 6.50. The molecule has 1 atom stereocenters. The van der Waals surface area contributed by atoms with Gasteiger partial charge in [0.15, 0.2) is 0 Å². The molecule has 0 radical (unpaired) electrons. The molecule has 4 heteroatoms. The highest BCUT2D eigenvalue weighted by molar-refractivity contribution is 5.90. The molecule has 180 valence electrons. The Bertz CT molecular complexity index is 1050. The number of hydrogen-bond acceptors (Lipinski definition) is 3. The van der Waals surface area contributed by atoms with E-state index in [4.69, 9.17) is 4.74 Å². The Balaban J connectivity index is 2.06. The molecule has 1 N–H and O–H groups in total. The van der Waals surface area contributed by atoms with Gasteiger partial charge < -0.3 is 9.84 Å². The van der Waals surface area contributed by atoms with Gasteiger partial charge in [0.2, 0.25) is 0 Å². The number of carboxylic acid groups (broad SMARTS) is 1. The molecular formula is C30H37NO3. The highest BCUT2D eigenvalue weighted by Gasteiger charge is 2.26. The van der Waals surface area contributed by atoms with Gasteiger partial charge in [0, 0.05) is 23.6 Å². The zero-order valence-corrected chi connectivity index (χ0v) is 21.0. The maximum Gasteiger partial charge on any atom is 0.335 e. The fraction of sp³-hybridized carbons (Fsp3) is 0.367.